The van der Waals surface area contributed by atoms with E-state index in [0.717, 1.165) is 5.56 Å². The Morgan fingerprint density at radius 3 is 2.08 bits per heavy atom. The number of hydrogen-bond donors (Lipinski definition) is 0. The van der Waals surface area contributed by atoms with Gasteiger partial charge in [0.05, 0.1) is 28.4 Å². The van der Waals surface area contributed by atoms with Gasteiger partial charge < -0.3 is 18.9 Å². The molecule has 5 heteroatoms. The molecule has 0 radical (unpaired) electrons. The van der Waals surface area contributed by atoms with E-state index in [-0.39, 0.29) is 5.78 Å². The highest BCUT2D eigenvalue weighted by molar-refractivity contribution is 6.07. The fraction of sp³-hybridized carbons (Fsp3) is 0.211. The van der Waals surface area contributed by atoms with Crippen molar-refractivity contribution in [3.05, 3.63) is 53.6 Å². The molecule has 0 saturated heterocycles. The Bertz CT molecular complexity index is 724. The van der Waals surface area contributed by atoms with Gasteiger partial charge in [-0.15, -0.1) is 0 Å². The second kappa shape index (κ2) is 8.06. The molecular formula is C19H20O5. The SMILES string of the molecule is COc1cccc(C(=O)C=Cc2cc(OC)c(OC)c(OC)c2)c1. The third-order valence-corrected chi connectivity index (χ3v) is 3.47. The summed E-state index contributed by atoms with van der Waals surface area (Å²) in [6.45, 7) is 0. The van der Waals surface area contributed by atoms with Crippen LogP contribution < -0.4 is 18.9 Å². The average Bonchev–Trinajstić information content (AvgIpc) is 2.64. The molecule has 0 aliphatic rings. The first-order valence-electron chi connectivity index (χ1n) is 7.29. The fourth-order valence-corrected chi connectivity index (χ4v) is 2.24. The van der Waals surface area contributed by atoms with Crippen molar-refractivity contribution in [2.24, 2.45) is 0 Å². The lowest BCUT2D eigenvalue weighted by atomic mass is 10.1. The zero-order valence-electron chi connectivity index (χ0n) is 14.2. The van der Waals surface area contributed by atoms with Crippen LogP contribution in [0.5, 0.6) is 23.0 Å². The van der Waals surface area contributed by atoms with E-state index < -0.39 is 0 Å². The van der Waals surface area contributed by atoms with Crippen molar-refractivity contribution in [3.63, 3.8) is 0 Å². The van der Waals surface area contributed by atoms with Crippen LogP contribution in [0.25, 0.3) is 6.08 Å². The van der Waals surface area contributed by atoms with Gasteiger partial charge in [0.2, 0.25) is 5.75 Å². The third kappa shape index (κ3) is 3.87. The molecule has 24 heavy (non-hydrogen) atoms. The Kier molecular flexibility index (Phi) is 5.84. The Labute approximate surface area is 141 Å². The summed E-state index contributed by atoms with van der Waals surface area (Å²) in [5, 5.41) is 0. The Morgan fingerprint density at radius 1 is 0.875 bits per heavy atom. The first kappa shape index (κ1) is 17.4. The summed E-state index contributed by atoms with van der Waals surface area (Å²) in [4.78, 5) is 12.3. The van der Waals surface area contributed by atoms with Crippen molar-refractivity contribution in [2.75, 3.05) is 28.4 Å². The van der Waals surface area contributed by atoms with E-state index in [1.54, 1.807) is 70.9 Å². The zero-order valence-corrected chi connectivity index (χ0v) is 14.2. The van der Waals surface area contributed by atoms with E-state index in [1.807, 2.05) is 0 Å². The maximum atomic E-state index is 12.3. The summed E-state index contributed by atoms with van der Waals surface area (Å²) >= 11 is 0. The van der Waals surface area contributed by atoms with Crippen LogP contribution in [0, 0.1) is 0 Å². The van der Waals surface area contributed by atoms with Gasteiger partial charge in [-0.25, -0.2) is 0 Å². The van der Waals surface area contributed by atoms with E-state index in [4.69, 9.17) is 18.9 Å². The number of benzene rings is 2. The van der Waals surface area contributed by atoms with Crippen LogP contribution in [0.4, 0.5) is 0 Å². The first-order chi connectivity index (χ1) is 11.6. The minimum Gasteiger partial charge on any atom is -0.497 e. The van der Waals surface area contributed by atoms with Crippen molar-refractivity contribution in [1.29, 1.82) is 0 Å². The number of ether oxygens (including phenoxy) is 4. The van der Waals surface area contributed by atoms with Crippen LogP contribution in [-0.4, -0.2) is 34.2 Å². The average molecular weight is 328 g/mol. The van der Waals surface area contributed by atoms with E-state index in [0.29, 0.717) is 28.6 Å². The van der Waals surface area contributed by atoms with Gasteiger partial charge in [0.25, 0.3) is 0 Å². The molecular weight excluding hydrogens is 308 g/mol. The Morgan fingerprint density at radius 2 is 1.54 bits per heavy atom. The lowest BCUT2D eigenvalue weighted by Crippen LogP contribution is -1.96. The van der Waals surface area contributed by atoms with Crippen LogP contribution in [-0.2, 0) is 0 Å². The summed E-state index contributed by atoms with van der Waals surface area (Å²) in [7, 11) is 6.20. The number of carbonyl (C=O) groups excluding carboxylic acids is 1. The molecule has 0 fully saturated rings. The lowest BCUT2D eigenvalue weighted by Gasteiger charge is -2.12. The highest BCUT2D eigenvalue weighted by atomic mass is 16.5. The number of carbonyl (C=O) groups is 1. The summed E-state index contributed by atoms with van der Waals surface area (Å²) in [6.07, 6.45) is 3.20. The van der Waals surface area contributed by atoms with Crippen LogP contribution in [0.15, 0.2) is 42.5 Å². The predicted molar refractivity (Wildman–Crippen MR) is 92.5 cm³/mol. The largest absolute Gasteiger partial charge is 0.497 e. The molecule has 0 N–H and O–H groups in total. The summed E-state index contributed by atoms with van der Waals surface area (Å²) in [5.74, 6) is 2.09. The monoisotopic (exact) mass is 328 g/mol. The maximum Gasteiger partial charge on any atom is 0.203 e. The van der Waals surface area contributed by atoms with Gasteiger partial charge in [-0.3, -0.25) is 4.79 Å². The molecule has 0 heterocycles. The molecule has 0 unspecified atom stereocenters. The maximum absolute atomic E-state index is 12.3. The van der Waals surface area contributed by atoms with Crippen LogP contribution in [0.3, 0.4) is 0 Å². The van der Waals surface area contributed by atoms with Crippen molar-refractivity contribution in [1.82, 2.24) is 0 Å². The van der Waals surface area contributed by atoms with Crippen molar-refractivity contribution >= 4 is 11.9 Å². The molecule has 0 aromatic heterocycles. The highest BCUT2D eigenvalue weighted by Crippen LogP contribution is 2.38. The van der Waals surface area contributed by atoms with Gasteiger partial charge >= 0.3 is 0 Å². The third-order valence-electron chi connectivity index (χ3n) is 3.47. The highest BCUT2D eigenvalue weighted by Gasteiger charge is 2.12. The van der Waals surface area contributed by atoms with Gasteiger partial charge in [0.15, 0.2) is 17.3 Å². The standard InChI is InChI=1S/C19H20O5/c1-21-15-7-5-6-14(12-15)16(20)9-8-13-10-17(22-2)19(24-4)18(11-13)23-3/h5-12H,1-4H3. The molecule has 2 aromatic rings. The predicted octanol–water partition coefficient (Wildman–Crippen LogP) is 3.62. The van der Waals surface area contributed by atoms with Gasteiger partial charge in [-0.1, -0.05) is 18.2 Å². The number of ketones is 1. The van der Waals surface area contributed by atoms with Gasteiger partial charge in [-0.05, 0) is 35.9 Å². The van der Waals surface area contributed by atoms with Gasteiger partial charge in [-0.2, -0.15) is 0 Å². The van der Waals surface area contributed by atoms with E-state index in [1.165, 1.54) is 6.08 Å². The van der Waals surface area contributed by atoms with E-state index in [9.17, 15) is 4.79 Å². The van der Waals surface area contributed by atoms with E-state index >= 15 is 0 Å². The second-order valence-electron chi connectivity index (χ2n) is 4.89. The first-order valence-corrected chi connectivity index (χ1v) is 7.29. The zero-order chi connectivity index (χ0) is 17.5. The van der Waals surface area contributed by atoms with Gasteiger partial charge in [0, 0.05) is 5.56 Å². The van der Waals surface area contributed by atoms with Crippen LogP contribution >= 0.6 is 0 Å². The minimum atomic E-state index is -0.123. The quantitative estimate of drug-likeness (QED) is 0.574. The van der Waals surface area contributed by atoms with Crippen molar-refractivity contribution < 1.29 is 23.7 Å². The molecule has 126 valence electrons. The smallest absolute Gasteiger partial charge is 0.203 e. The number of allylic oxidation sites excluding steroid dienone is 1. The fourth-order valence-electron chi connectivity index (χ4n) is 2.24. The normalized spacial score (nSPS) is 10.5. The van der Waals surface area contributed by atoms with Gasteiger partial charge in [0.1, 0.15) is 5.75 Å². The number of rotatable bonds is 7. The number of methoxy groups -OCH3 is 4. The molecule has 0 aliphatic heterocycles. The summed E-state index contributed by atoms with van der Waals surface area (Å²) in [5.41, 5.74) is 1.32. The lowest BCUT2D eigenvalue weighted by molar-refractivity contribution is 0.104. The molecule has 2 aromatic carbocycles. The molecule has 0 amide bonds. The molecule has 2 rings (SSSR count). The Hall–Kier alpha value is -2.95. The summed E-state index contributed by atoms with van der Waals surface area (Å²) < 4.78 is 21.0. The van der Waals surface area contributed by atoms with E-state index in [2.05, 4.69) is 0 Å². The minimum absolute atomic E-state index is 0.123. The molecule has 0 bridgehead atoms. The Balaban J connectivity index is 2.29. The molecule has 5 nitrogen and oxygen atoms in total. The molecule has 0 saturated carbocycles. The van der Waals surface area contributed by atoms with Crippen LogP contribution in [0.2, 0.25) is 0 Å². The number of hydrogen-bond acceptors (Lipinski definition) is 5. The van der Waals surface area contributed by atoms with Crippen molar-refractivity contribution in [3.8, 4) is 23.0 Å². The van der Waals surface area contributed by atoms with Crippen molar-refractivity contribution in [2.45, 2.75) is 0 Å². The molecule has 0 spiro atoms. The molecule has 0 aliphatic carbocycles. The second-order valence-corrected chi connectivity index (χ2v) is 4.89. The molecule has 0 atom stereocenters. The van der Waals surface area contributed by atoms with Crippen LogP contribution in [0.1, 0.15) is 15.9 Å². The summed E-state index contributed by atoms with van der Waals surface area (Å²) in [6, 6.07) is 10.6. The topological polar surface area (TPSA) is 54.0 Å².